The molecular formula is C30H36N6O4. The average Bonchev–Trinajstić information content (AvgIpc) is 3.00. The van der Waals surface area contributed by atoms with Gasteiger partial charge in [0, 0.05) is 57.1 Å². The monoisotopic (exact) mass is 544 g/mol. The van der Waals surface area contributed by atoms with Crippen LogP contribution in [0, 0.1) is 10.1 Å². The summed E-state index contributed by atoms with van der Waals surface area (Å²) < 4.78 is 5.09. The zero-order valence-electron chi connectivity index (χ0n) is 22.8. The number of nitro benzene ring substituents is 1. The zero-order valence-corrected chi connectivity index (χ0v) is 22.8. The molecule has 1 aliphatic heterocycles. The molecule has 2 aliphatic rings. The Labute approximate surface area is 234 Å². The number of pyridine rings is 1. The van der Waals surface area contributed by atoms with Crippen LogP contribution >= 0.6 is 0 Å². The van der Waals surface area contributed by atoms with E-state index < -0.39 is 0 Å². The number of benzene rings is 2. The molecule has 0 spiro atoms. The first-order valence-electron chi connectivity index (χ1n) is 13.8. The molecule has 1 saturated carbocycles. The van der Waals surface area contributed by atoms with E-state index >= 15 is 0 Å². The fourth-order valence-corrected chi connectivity index (χ4v) is 5.75. The minimum Gasteiger partial charge on any atom is -0.453 e. The highest BCUT2D eigenvalue weighted by molar-refractivity contribution is 5.75. The summed E-state index contributed by atoms with van der Waals surface area (Å²) in [7, 11) is 1.40. The van der Waals surface area contributed by atoms with E-state index in [9.17, 15) is 14.9 Å². The molecule has 0 radical (unpaired) electrons. The topological polar surface area (TPSA) is 118 Å². The van der Waals surface area contributed by atoms with Gasteiger partial charge in [-0.2, -0.15) is 0 Å². The van der Waals surface area contributed by atoms with Crippen molar-refractivity contribution in [3.05, 3.63) is 82.5 Å². The number of rotatable bonds is 7. The number of nitro groups is 1. The van der Waals surface area contributed by atoms with Crippen molar-refractivity contribution in [1.82, 2.24) is 9.88 Å². The van der Waals surface area contributed by atoms with Gasteiger partial charge in [-0.25, -0.2) is 9.78 Å². The van der Waals surface area contributed by atoms with Crippen LogP contribution in [0.3, 0.4) is 0 Å². The third kappa shape index (κ3) is 6.17. The Morgan fingerprint density at radius 1 is 1.00 bits per heavy atom. The van der Waals surface area contributed by atoms with Crippen molar-refractivity contribution in [2.75, 3.05) is 43.1 Å². The highest BCUT2D eigenvalue weighted by Crippen LogP contribution is 2.35. The van der Waals surface area contributed by atoms with E-state index in [2.05, 4.69) is 14.8 Å². The Kier molecular flexibility index (Phi) is 8.45. The van der Waals surface area contributed by atoms with Crippen LogP contribution in [-0.2, 0) is 11.3 Å². The standard InChI is InChI=1S/C30H36N6O4/c1-40-30(37)35(26-11-9-25(31)10-12-26)21-22-5-4-6-23(19-22)24-8-13-27(28(20-24)36(38)39)33-15-17-34(18-16-33)29-7-2-3-14-32-29/h2-8,13-14,19-20,25-26H,9-12,15-18,21,31H2,1H3. The first-order chi connectivity index (χ1) is 19.4. The molecule has 1 saturated heterocycles. The van der Waals surface area contributed by atoms with E-state index in [4.69, 9.17) is 10.5 Å². The average molecular weight is 545 g/mol. The molecule has 1 aromatic heterocycles. The third-order valence-electron chi connectivity index (χ3n) is 7.97. The van der Waals surface area contributed by atoms with Crippen LogP contribution in [0.25, 0.3) is 11.1 Å². The van der Waals surface area contributed by atoms with E-state index in [0.29, 0.717) is 25.3 Å². The van der Waals surface area contributed by atoms with E-state index in [1.54, 1.807) is 17.2 Å². The van der Waals surface area contributed by atoms with Crippen LogP contribution in [0.15, 0.2) is 66.9 Å². The van der Waals surface area contributed by atoms with Crippen LogP contribution in [-0.4, -0.2) is 66.3 Å². The summed E-state index contributed by atoms with van der Waals surface area (Å²) in [5.74, 6) is 0.921. The molecule has 10 nitrogen and oxygen atoms in total. The lowest BCUT2D eigenvalue weighted by Gasteiger charge is -2.36. The van der Waals surface area contributed by atoms with Gasteiger partial charge in [-0.1, -0.05) is 30.3 Å². The van der Waals surface area contributed by atoms with Crippen LogP contribution in [0.5, 0.6) is 0 Å². The fraction of sp³-hybridized carbons (Fsp3) is 0.400. The molecule has 3 aromatic rings. The Balaban J connectivity index is 1.33. The molecule has 1 amide bonds. The van der Waals surface area contributed by atoms with Gasteiger partial charge >= 0.3 is 6.09 Å². The lowest BCUT2D eigenvalue weighted by molar-refractivity contribution is -0.384. The smallest absolute Gasteiger partial charge is 0.410 e. The van der Waals surface area contributed by atoms with Gasteiger partial charge in [0.15, 0.2) is 0 Å². The van der Waals surface area contributed by atoms with Crippen LogP contribution in [0.2, 0.25) is 0 Å². The first-order valence-corrected chi connectivity index (χ1v) is 13.8. The molecular weight excluding hydrogens is 508 g/mol. The van der Waals surface area contributed by atoms with Gasteiger partial charge < -0.3 is 25.2 Å². The molecule has 1 aliphatic carbocycles. The molecule has 2 N–H and O–H groups in total. The number of carbonyl (C=O) groups is 1. The van der Waals surface area contributed by atoms with Crippen molar-refractivity contribution in [3.8, 4) is 11.1 Å². The highest BCUT2D eigenvalue weighted by Gasteiger charge is 2.29. The fourth-order valence-electron chi connectivity index (χ4n) is 5.75. The lowest BCUT2D eigenvalue weighted by Crippen LogP contribution is -2.47. The molecule has 210 valence electrons. The van der Waals surface area contributed by atoms with Crippen molar-refractivity contribution < 1.29 is 14.5 Å². The number of hydrogen-bond acceptors (Lipinski definition) is 8. The highest BCUT2D eigenvalue weighted by atomic mass is 16.6. The second kappa shape index (κ2) is 12.3. The van der Waals surface area contributed by atoms with Crippen molar-refractivity contribution >= 4 is 23.3 Å². The molecule has 0 atom stereocenters. The zero-order chi connectivity index (χ0) is 28.1. The van der Waals surface area contributed by atoms with Crippen LogP contribution in [0.4, 0.5) is 22.0 Å². The Morgan fingerprint density at radius 2 is 1.73 bits per heavy atom. The van der Waals surface area contributed by atoms with Gasteiger partial charge in [0.2, 0.25) is 0 Å². The summed E-state index contributed by atoms with van der Waals surface area (Å²) in [6, 6.07) is 19.4. The van der Waals surface area contributed by atoms with Crippen LogP contribution in [0.1, 0.15) is 31.2 Å². The van der Waals surface area contributed by atoms with Crippen molar-refractivity contribution in [2.24, 2.45) is 5.73 Å². The lowest BCUT2D eigenvalue weighted by atomic mass is 9.90. The quantitative estimate of drug-likeness (QED) is 0.332. The number of nitrogens with zero attached hydrogens (tertiary/aromatic N) is 5. The number of methoxy groups -OCH3 is 1. The maximum Gasteiger partial charge on any atom is 0.410 e. The minimum atomic E-state index is -0.353. The second-order valence-electron chi connectivity index (χ2n) is 10.5. The van der Waals surface area contributed by atoms with Gasteiger partial charge in [-0.3, -0.25) is 10.1 Å². The van der Waals surface area contributed by atoms with E-state index in [0.717, 1.165) is 61.3 Å². The summed E-state index contributed by atoms with van der Waals surface area (Å²) in [5, 5.41) is 12.1. The predicted molar refractivity (Wildman–Crippen MR) is 155 cm³/mol. The molecule has 10 heteroatoms. The molecule has 5 rings (SSSR count). The summed E-state index contributed by atoms with van der Waals surface area (Å²) in [5.41, 5.74) is 9.35. The van der Waals surface area contributed by atoms with E-state index in [-0.39, 0.29) is 28.8 Å². The molecule has 40 heavy (non-hydrogen) atoms. The van der Waals surface area contributed by atoms with Gasteiger partial charge in [-0.05, 0) is 66.6 Å². The Morgan fingerprint density at radius 3 is 2.40 bits per heavy atom. The summed E-state index contributed by atoms with van der Waals surface area (Å²) in [6.45, 7) is 3.22. The number of piperazine rings is 1. The van der Waals surface area contributed by atoms with Gasteiger partial charge in [0.25, 0.3) is 5.69 Å². The predicted octanol–water partition coefficient (Wildman–Crippen LogP) is 4.82. The van der Waals surface area contributed by atoms with E-state index in [1.807, 2.05) is 54.6 Å². The Hall–Kier alpha value is -4.18. The maximum absolute atomic E-state index is 12.6. The van der Waals surface area contributed by atoms with Crippen molar-refractivity contribution in [3.63, 3.8) is 0 Å². The molecule has 2 aromatic carbocycles. The minimum absolute atomic E-state index is 0.0782. The number of nitrogens with two attached hydrogens (primary N) is 1. The van der Waals surface area contributed by atoms with Crippen LogP contribution < -0.4 is 15.5 Å². The molecule has 2 heterocycles. The maximum atomic E-state index is 12.6. The molecule has 0 bridgehead atoms. The van der Waals surface area contributed by atoms with Gasteiger partial charge in [0.1, 0.15) is 11.5 Å². The van der Waals surface area contributed by atoms with Crippen molar-refractivity contribution in [1.29, 1.82) is 0 Å². The third-order valence-corrected chi connectivity index (χ3v) is 7.97. The summed E-state index contributed by atoms with van der Waals surface area (Å²) in [4.78, 5) is 35.0. The van der Waals surface area contributed by atoms with E-state index in [1.165, 1.54) is 7.11 Å². The van der Waals surface area contributed by atoms with Crippen molar-refractivity contribution in [2.45, 2.75) is 44.3 Å². The van der Waals surface area contributed by atoms with Gasteiger partial charge in [-0.15, -0.1) is 0 Å². The summed E-state index contributed by atoms with van der Waals surface area (Å²) >= 11 is 0. The molecule has 2 fully saturated rings. The normalized spacial score (nSPS) is 19.2. The SMILES string of the molecule is COC(=O)N(Cc1cccc(-c2ccc(N3CCN(c4ccccn4)CC3)c([N+](=O)[O-])c2)c1)C1CCC(N)CC1. The number of anilines is 2. The van der Waals surface area contributed by atoms with Gasteiger partial charge in [0.05, 0.1) is 12.0 Å². The number of ether oxygens (including phenoxy) is 1. The number of carbonyl (C=O) groups excluding carboxylic acids is 1. The number of aromatic nitrogens is 1. The second-order valence-corrected chi connectivity index (χ2v) is 10.5. The summed E-state index contributed by atoms with van der Waals surface area (Å²) in [6.07, 6.45) is 4.88. The molecule has 0 unspecified atom stereocenters. The largest absolute Gasteiger partial charge is 0.453 e. The Bertz CT molecular complexity index is 1320. The number of amides is 1. The number of hydrogen-bond donors (Lipinski definition) is 1. The first kappa shape index (κ1) is 27.4.